The molecule has 2 aromatic rings. The SMILES string of the molecule is Oc1ccc2c(c1)[C@]13CCCC[C@H]1[C@@H](C2)N(CCCc1ccccc1)CC3. The Kier molecular flexibility index (Phi) is 4.47. The monoisotopic (exact) mass is 361 g/mol. The Labute approximate surface area is 163 Å². The van der Waals surface area contributed by atoms with Crippen molar-refractivity contribution in [2.75, 3.05) is 13.1 Å². The van der Waals surface area contributed by atoms with Gasteiger partial charge in [-0.15, -0.1) is 0 Å². The Balaban J connectivity index is 1.37. The van der Waals surface area contributed by atoms with Crippen LogP contribution in [0.5, 0.6) is 5.75 Å². The summed E-state index contributed by atoms with van der Waals surface area (Å²) in [6.07, 6.45) is 10.3. The first-order valence-corrected chi connectivity index (χ1v) is 10.9. The summed E-state index contributed by atoms with van der Waals surface area (Å²) in [7, 11) is 0. The smallest absolute Gasteiger partial charge is 0.115 e. The molecular weight excluding hydrogens is 330 g/mol. The van der Waals surface area contributed by atoms with Crippen molar-refractivity contribution in [2.24, 2.45) is 5.92 Å². The number of aromatic hydroxyl groups is 1. The van der Waals surface area contributed by atoms with E-state index in [-0.39, 0.29) is 0 Å². The number of likely N-dealkylation sites (tertiary alicyclic amines) is 1. The number of phenolic OH excluding ortho intramolecular Hbond substituents is 1. The van der Waals surface area contributed by atoms with Gasteiger partial charge in [0.25, 0.3) is 0 Å². The topological polar surface area (TPSA) is 23.5 Å². The molecule has 2 bridgehead atoms. The molecule has 0 amide bonds. The minimum Gasteiger partial charge on any atom is -0.508 e. The van der Waals surface area contributed by atoms with E-state index in [0.29, 0.717) is 17.2 Å². The summed E-state index contributed by atoms with van der Waals surface area (Å²) in [6.45, 7) is 2.45. The molecule has 1 N–H and O–H groups in total. The average molecular weight is 362 g/mol. The number of hydrogen-bond acceptors (Lipinski definition) is 2. The van der Waals surface area contributed by atoms with E-state index in [0.717, 1.165) is 5.92 Å². The molecule has 1 saturated heterocycles. The third-order valence-electron chi connectivity index (χ3n) is 7.69. The standard InChI is InChI=1S/C25H31NO/c27-21-12-11-20-17-24-22-10-4-5-13-25(22,23(20)18-21)14-16-26(24)15-6-9-19-7-2-1-3-8-19/h1-3,7-8,11-12,18,22,24,27H,4-6,9-10,13-17H2/t22-,24+,25-/m0/s1. The van der Waals surface area contributed by atoms with E-state index in [1.54, 1.807) is 0 Å². The fourth-order valence-electron chi connectivity index (χ4n) is 6.48. The summed E-state index contributed by atoms with van der Waals surface area (Å²) in [4.78, 5) is 2.81. The van der Waals surface area contributed by atoms with E-state index in [4.69, 9.17) is 0 Å². The number of fused-ring (bicyclic) bond motifs is 1. The molecule has 2 heteroatoms. The van der Waals surface area contributed by atoms with Gasteiger partial charge in [-0.1, -0.05) is 49.2 Å². The second-order valence-electron chi connectivity index (χ2n) is 9.00. The van der Waals surface area contributed by atoms with Crippen molar-refractivity contribution in [3.05, 3.63) is 65.2 Å². The van der Waals surface area contributed by atoms with Crippen molar-refractivity contribution in [3.8, 4) is 5.75 Å². The molecule has 1 aliphatic heterocycles. The van der Waals surface area contributed by atoms with Crippen LogP contribution >= 0.6 is 0 Å². The maximum Gasteiger partial charge on any atom is 0.115 e. The van der Waals surface area contributed by atoms with E-state index < -0.39 is 0 Å². The molecule has 142 valence electrons. The lowest BCUT2D eigenvalue weighted by Gasteiger charge is -2.59. The maximum absolute atomic E-state index is 10.1. The van der Waals surface area contributed by atoms with Gasteiger partial charge in [-0.2, -0.15) is 0 Å². The summed E-state index contributed by atoms with van der Waals surface area (Å²) in [5, 5.41) is 10.1. The van der Waals surface area contributed by atoms with Gasteiger partial charge in [0.1, 0.15) is 5.75 Å². The van der Waals surface area contributed by atoms with Crippen LogP contribution in [0, 0.1) is 5.92 Å². The second kappa shape index (κ2) is 6.98. The molecule has 3 atom stereocenters. The first-order chi connectivity index (χ1) is 13.3. The van der Waals surface area contributed by atoms with Crippen LogP contribution in [0.15, 0.2) is 48.5 Å². The zero-order chi connectivity index (χ0) is 18.3. The van der Waals surface area contributed by atoms with Gasteiger partial charge in [0.15, 0.2) is 0 Å². The van der Waals surface area contributed by atoms with Gasteiger partial charge >= 0.3 is 0 Å². The van der Waals surface area contributed by atoms with Gasteiger partial charge in [-0.05, 0) is 86.4 Å². The molecule has 3 aliphatic rings. The number of aryl methyl sites for hydroxylation is 1. The third kappa shape index (κ3) is 2.99. The molecular formula is C25H31NO. The van der Waals surface area contributed by atoms with Crippen molar-refractivity contribution in [3.63, 3.8) is 0 Å². The first-order valence-electron chi connectivity index (χ1n) is 10.9. The van der Waals surface area contributed by atoms with Crippen molar-refractivity contribution >= 4 is 0 Å². The molecule has 0 spiro atoms. The maximum atomic E-state index is 10.1. The van der Waals surface area contributed by atoms with Gasteiger partial charge in [0.2, 0.25) is 0 Å². The van der Waals surface area contributed by atoms with Crippen LogP contribution in [-0.2, 0) is 18.3 Å². The van der Waals surface area contributed by atoms with E-state index >= 15 is 0 Å². The van der Waals surface area contributed by atoms with Gasteiger partial charge < -0.3 is 5.11 Å². The molecule has 27 heavy (non-hydrogen) atoms. The number of phenols is 1. The van der Waals surface area contributed by atoms with Crippen molar-refractivity contribution in [1.29, 1.82) is 0 Å². The van der Waals surface area contributed by atoms with E-state index in [9.17, 15) is 5.11 Å². The summed E-state index contributed by atoms with van der Waals surface area (Å²) >= 11 is 0. The molecule has 5 rings (SSSR count). The zero-order valence-electron chi connectivity index (χ0n) is 16.2. The lowest BCUT2D eigenvalue weighted by atomic mass is 9.52. The highest BCUT2D eigenvalue weighted by atomic mass is 16.3. The van der Waals surface area contributed by atoms with E-state index in [1.807, 2.05) is 6.07 Å². The van der Waals surface area contributed by atoms with Crippen LogP contribution in [0.25, 0.3) is 0 Å². The molecule has 1 saturated carbocycles. The summed E-state index contributed by atoms with van der Waals surface area (Å²) in [6, 6.07) is 17.8. The largest absolute Gasteiger partial charge is 0.508 e. The number of piperidine rings is 1. The van der Waals surface area contributed by atoms with Crippen LogP contribution in [-0.4, -0.2) is 29.1 Å². The predicted octanol–water partition coefficient (Wildman–Crippen LogP) is 5.08. The summed E-state index contributed by atoms with van der Waals surface area (Å²) < 4.78 is 0. The normalized spacial score (nSPS) is 29.8. The van der Waals surface area contributed by atoms with E-state index in [2.05, 4.69) is 47.4 Å². The van der Waals surface area contributed by atoms with Gasteiger partial charge in [-0.25, -0.2) is 0 Å². The Morgan fingerprint density at radius 2 is 1.93 bits per heavy atom. The Hall–Kier alpha value is -1.80. The molecule has 0 aromatic heterocycles. The third-order valence-corrected chi connectivity index (χ3v) is 7.69. The van der Waals surface area contributed by atoms with Crippen molar-refractivity contribution in [2.45, 2.75) is 62.8 Å². The second-order valence-corrected chi connectivity index (χ2v) is 9.00. The minimum atomic E-state index is 0.338. The quantitative estimate of drug-likeness (QED) is 0.820. The molecule has 0 radical (unpaired) electrons. The van der Waals surface area contributed by atoms with Gasteiger partial charge in [0.05, 0.1) is 0 Å². The van der Waals surface area contributed by atoms with Crippen LogP contribution in [0.4, 0.5) is 0 Å². The lowest BCUT2D eigenvalue weighted by Crippen LogP contribution is -2.61. The van der Waals surface area contributed by atoms with Crippen molar-refractivity contribution < 1.29 is 5.11 Å². The number of rotatable bonds is 4. The Morgan fingerprint density at radius 3 is 2.81 bits per heavy atom. The molecule has 2 aliphatic carbocycles. The molecule has 2 nitrogen and oxygen atoms in total. The predicted molar refractivity (Wildman–Crippen MR) is 110 cm³/mol. The molecule has 2 aromatic carbocycles. The van der Waals surface area contributed by atoms with Crippen LogP contribution in [0.2, 0.25) is 0 Å². The van der Waals surface area contributed by atoms with Crippen LogP contribution < -0.4 is 0 Å². The highest BCUT2D eigenvalue weighted by Gasteiger charge is 2.53. The molecule has 1 heterocycles. The summed E-state index contributed by atoms with van der Waals surface area (Å²) in [5.74, 6) is 1.24. The number of benzene rings is 2. The summed E-state index contributed by atoms with van der Waals surface area (Å²) in [5.41, 5.74) is 4.80. The number of hydrogen-bond donors (Lipinski definition) is 1. The highest BCUT2D eigenvalue weighted by molar-refractivity contribution is 5.45. The van der Waals surface area contributed by atoms with Gasteiger partial charge in [0, 0.05) is 11.5 Å². The number of nitrogens with zero attached hydrogens (tertiary/aromatic N) is 1. The van der Waals surface area contributed by atoms with Crippen molar-refractivity contribution in [1.82, 2.24) is 4.90 Å². The zero-order valence-corrected chi connectivity index (χ0v) is 16.2. The fraction of sp³-hybridized carbons (Fsp3) is 0.520. The van der Waals surface area contributed by atoms with Crippen LogP contribution in [0.3, 0.4) is 0 Å². The molecule has 0 unspecified atom stereocenters. The lowest BCUT2D eigenvalue weighted by molar-refractivity contribution is -0.0116. The van der Waals surface area contributed by atoms with Crippen LogP contribution in [0.1, 0.15) is 55.2 Å². The minimum absolute atomic E-state index is 0.338. The molecule has 2 fully saturated rings. The Morgan fingerprint density at radius 1 is 1.04 bits per heavy atom. The Bertz CT molecular complexity index is 801. The first kappa shape index (κ1) is 17.3. The highest BCUT2D eigenvalue weighted by Crippen LogP contribution is 2.56. The fourth-order valence-corrected chi connectivity index (χ4v) is 6.48. The average Bonchev–Trinajstić information content (AvgIpc) is 2.71. The van der Waals surface area contributed by atoms with E-state index in [1.165, 1.54) is 81.1 Å². The van der Waals surface area contributed by atoms with Gasteiger partial charge in [-0.3, -0.25) is 4.90 Å².